The van der Waals surface area contributed by atoms with Gasteiger partial charge in [-0.2, -0.15) is 0 Å². The average molecular weight is 189 g/mol. The summed E-state index contributed by atoms with van der Waals surface area (Å²) in [7, 11) is 0. The lowest BCUT2D eigenvalue weighted by atomic mass is 10.3. The molecule has 0 unspecified atom stereocenters. The van der Waals surface area contributed by atoms with E-state index in [1.54, 1.807) is 0 Å². The molecular formula is C10H21O3. The molecule has 0 aromatic heterocycles. The van der Waals surface area contributed by atoms with E-state index < -0.39 is 0 Å². The van der Waals surface area contributed by atoms with Gasteiger partial charge in [0.15, 0.2) is 0 Å². The second kappa shape index (κ2) is 11.9. The van der Waals surface area contributed by atoms with E-state index in [0.717, 1.165) is 52.1 Å². The van der Waals surface area contributed by atoms with Crippen LogP contribution in [0.1, 0.15) is 32.6 Å². The zero-order valence-corrected chi connectivity index (χ0v) is 8.59. The quantitative estimate of drug-likeness (QED) is 0.493. The summed E-state index contributed by atoms with van der Waals surface area (Å²) in [6, 6.07) is 0. The van der Waals surface area contributed by atoms with Crippen molar-refractivity contribution in [3.8, 4) is 0 Å². The summed E-state index contributed by atoms with van der Waals surface area (Å²) in [5, 5.41) is 10.1. The molecule has 79 valence electrons. The summed E-state index contributed by atoms with van der Waals surface area (Å²) in [5.41, 5.74) is 0. The third-order valence-corrected chi connectivity index (χ3v) is 1.61. The van der Waals surface area contributed by atoms with E-state index in [1.165, 1.54) is 0 Å². The Balaban J connectivity index is 2.76. The van der Waals surface area contributed by atoms with Gasteiger partial charge in [-0.05, 0) is 25.7 Å². The van der Waals surface area contributed by atoms with Crippen LogP contribution in [0.2, 0.25) is 0 Å². The topological polar surface area (TPSA) is 38.4 Å². The fourth-order valence-corrected chi connectivity index (χ4v) is 0.918. The first kappa shape index (κ1) is 12.9. The van der Waals surface area contributed by atoms with Gasteiger partial charge < -0.3 is 9.47 Å². The largest absolute Gasteiger partial charge is 0.381 e. The van der Waals surface area contributed by atoms with E-state index >= 15 is 0 Å². The van der Waals surface area contributed by atoms with Crippen LogP contribution in [0.15, 0.2) is 0 Å². The maximum atomic E-state index is 10.1. The summed E-state index contributed by atoms with van der Waals surface area (Å²) in [6.07, 6.45) is 3.65. The Morgan fingerprint density at radius 3 is 2.08 bits per heavy atom. The average Bonchev–Trinajstić information content (AvgIpc) is 2.16. The first-order valence-corrected chi connectivity index (χ1v) is 5.15. The van der Waals surface area contributed by atoms with Crippen LogP contribution in [0, 0.1) is 0 Å². The number of hydrogen-bond donors (Lipinski definition) is 0. The molecule has 0 atom stereocenters. The Kier molecular flexibility index (Phi) is 11.8. The van der Waals surface area contributed by atoms with Crippen molar-refractivity contribution in [2.75, 3.05) is 33.0 Å². The maximum absolute atomic E-state index is 10.1. The first-order chi connectivity index (χ1) is 6.41. The highest BCUT2D eigenvalue weighted by atomic mass is 16.5. The highest BCUT2D eigenvalue weighted by Gasteiger charge is 1.90. The molecule has 0 rings (SSSR count). The van der Waals surface area contributed by atoms with Gasteiger partial charge in [0.1, 0.15) is 0 Å². The summed E-state index contributed by atoms with van der Waals surface area (Å²) in [5.74, 6) is 0. The van der Waals surface area contributed by atoms with Crippen molar-refractivity contribution < 1.29 is 14.6 Å². The van der Waals surface area contributed by atoms with Crippen molar-refractivity contribution in [1.29, 1.82) is 0 Å². The molecule has 0 fully saturated rings. The molecule has 0 aromatic carbocycles. The lowest BCUT2D eigenvalue weighted by molar-refractivity contribution is 0.0778. The minimum absolute atomic E-state index is 0.0168. The molecule has 3 nitrogen and oxygen atoms in total. The molecule has 0 heterocycles. The molecule has 0 aliphatic carbocycles. The number of hydrogen-bond acceptors (Lipinski definition) is 2. The third-order valence-electron chi connectivity index (χ3n) is 1.61. The molecule has 0 N–H and O–H groups in total. The smallest absolute Gasteiger partial charge is 0.0823 e. The molecule has 0 amide bonds. The lowest BCUT2D eigenvalue weighted by Gasteiger charge is -2.03. The minimum atomic E-state index is 0.0168. The van der Waals surface area contributed by atoms with Crippen LogP contribution in [0.4, 0.5) is 0 Å². The molecule has 0 bridgehead atoms. The Hall–Kier alpha value is -0.120. The van der Waals surface area contributed by atoms with Gasteiger partial charge in [0.2, 0.25) is 0 Å². The van der Waals surface area contributed by atoms with Crippen molar-refractivity contribution in [3.63, 3.8) is 0 Å². The summed E-state index contributed by atoms with van der Waals surface area (Å²) >= 11 is 0. The molecule has 0 aliphatic heterocycles. The number of unbranched alkanes of at least 4 members (excludes halogenated alkanes) is 1. The zero-order valence-electron chi connectivity index (χ0n) is 8.59. The van der Waals surface area contributed by atoms with Crippen LogP contribution in [0.5, 0.6) is 0 Å². The Bertz CT molecular complexity index is 76.2. The Morgan fingerprint density at radius 1 is 0.846 bits per heavy atom. The third kappa shape index (κ3) is 11.9. The number of ether oxygens (including phenoxy) is 2. The van der Waals surface area contributed by atoms with Crippen LogP contribution in [-0.4, -0.2) is 33.0 Å². The molecule has 0 spiro atoms. The highest BCUT2D eigenvalue weighted by molar-refractivity contribution is 4.38. The predicted octanol–water partition coefficient (Wildman–Crippen LogP) is 2.03. The van der Waals surface area contributed by atoms with Gasteiger partial charge in [0.05, 0.1) is 6.61 Å². The second-order valence-corrected chi connectivity index (χ2v) is 2.99. The normalized spacial score (nSPS) is 10.6. The van der Waals surface area contributed by atoms with Crippen molar-refractivity contribution in [2.24, 2.45) is 0 Å². The Labute approximate surface area is 81.0 Å². The SMILES string of the molecule is CCCOCCCOCCCC[O]. The minimum Gasteiger partial charge on any atom is -0.381 e. The van der Waals surface area contributed by atoms with Crippen LogP contribution in [0.25, 0.3) is 0 Å². The van der Waals surface area contributed by atoms with Crippen LogP contribution < -0.4 is 0 Å². The summed E-state index contributed by atoms with van der Waals surface area (Å²) in [6.45, 7) is 5.21. The molecule has 0 aromatic rings. The van der Waals surface area contributed by atoms with Crippen LogP contribution in [0.3, 0.4) is 0 Å². The molecular weight excluding hydrogens is 168 g/mol. The molecule has 3 heteroatoms. The molecule has 1 radical (unpaired) electrons. The zero-order chi connectivity index (χ0) is 9.78. The van der Waals surface area contributed by atoms with Crippen molar-refractivity contribution >= 4 is 0 Å². The molecule has 13 heavy (non-hydrogen) atoms. The van der Waals surface area contributed by atoms with Gasteiger partial charge >= 0.3 is 0 Å². The van der Waals surface area contributed by atoms with Gasteiger partial charge in [-0.15, -0.1) is 0 Å². The van der Waals surface area contributed by atoms with Crippen molar-refractivity contribution in [1.82, 2.24) is 0 Å². The van der Waals surface area contributed by atoms with E-state index in [4.69, 9.17) is 9.47 Å². The van der Waals surface area contributed by atoms with Gasteiger partial charge in [0.25, 0.3) is 0 Å². The van der Waals surface area contributed by atoms with Crippen molar-refractivity contribution in [3.05, 3.63) is 0 Å². The number of rotatable bonds is 10. The van der Waals surface area contributed by atoms with E-state index in [2.05, 4.69) is 6.92 Å². The van der Waals surface area contributed by atoms with Gasteiger partial charge in [-0.3, -0.25) is 0 Å². The van der Waals surface area contributed by atoms with E-state index in [9.17, 15) is 5.11 Å². The van der Waals surface area contributed by atoms with E-state index in [1.807, 2.05) is 0 Å². The molecule has 0 aliphatic rings. The predicted molar refractivity (Wildman–Crippen MR) is 51.3 cm³/mol. The fourth-order valence-electron chi connectivity index (χ4n) is 0.918. The van der Waals surface area contributed by atoms with Gasteiger partial charge in [0, 0.05) is 26.4 Å². The highest BCUT2D eigenvalue weighted by Crippen LogP contribution is 1.91. The fraction of sp³-hybridized carbons (Fsp3) is 1.00. The lowest BCUT2D eigenvalue weighted by Crippen LogP contribution is -2.02. The van der Waals surface area contributed by atoms with E-state index in [0.29, 0.717) is 0 Å². The standard InChI is InChI=1S/C10H21O3/c1-2-7-12-9-5-10-13-8-4-3-6-11/h2-10H2,1H3. The van der Waals surface area contributed by atoms with Crippen LogP contribution >= 0.6 is 0 Å². The van der Waals surface area contributed by atoms with Crippen molar-refractivity contribution in [2.45, 2.75) is 32.6 Å². The Morgan fingerprint density at radius 2 is 1.46 bits per heavy atom. The monoisotopic (exact) mass is 189 g/mol. The van der Waals surface area contributed by atoms with Gasteiger partial charge in [-0.25, -0.2) is 5.11 Å². The first-order valence-electron chi connectivity index (χ1n) is 5.15. The van der Waals surface area contributed by atoms with E-state index in [-0.39, 0.29) is 6.61 Å². The molecule has 0 saturated carbocycles. The molecule has 0 saturated heterocycles. The van der Waals surface area contributed by atoms with Crippen LogP contribution in [-0.2, 0) is 14.6 Å². The second-order valence-electron chi connectivity index (χ2n) is 2.99. The summed E-state index contributed by atoms with van der Waals surface area (Å²) in [4.78, 5) is 0. The van der Waals surface area contributed by atoms with Gasteiger partial charge in [-0.1, -0.05) is 6.92 Å². The summed E-state index contributed by atoms with van der Waals surface area (Å²) < 4.78 is 10.6. The maximum Gasteiger partial charge on any atom is 0.0823 e.